The van der Waals surface area contributed by atoms with Crippen LogP contribution >= 0.6 is 23.1 Å². The molecule has 0 aliphatic heterocycles. The number of hydrogen-bond acceptors (Lipinski definition) is 7. The maximum absolute atomic E-state index is 12.5. The van der Waals surface area contributed by atoms with Gasteiger partial charge < -0.3 is 10.6 Å². The van der Waals surface area contributed by atoms with E-state index in [1.807, 2.05) is 26.0 Å². The Hall–Kier alpha value is -1.93. The zero-order valence-corrected chi connectivity index (χ0v) is 15.4. The van der Waals surface area contributed by atoms with Crippen molar-refractivity contribution in [1.82, 2.24) is 20.5 Å². The summed E-state index contributed by atoms with van der Waals surface area (Å²) in [5.74, 6) is 0.173. The highest BCUT2D eigenvalue weighted by Crippen LogP contribution is 2.32. The van der Waals surface area contributed by atoms with E-state index >= 15 is 0 Å². The van der Waals surface area contributed by atoms with Crippen molar-refractivity contribution in [2.75, 3.05) is 11.9 Å². The topological polar surface area (TPSA) is 79.8 Å². The summed E-state index contributed by atoms with van der Waals surface area (Å²) in [6, 6.07) is 3.79. The molecule has 0 aliphatic rings. The highest BCUT2D eigenvalue weighted by atomic mass is 32.2. The monoisotopic (exact) mass is 363 g/mol. The fourth-order valence-electron chi connectivity index (χ4n) is 1.88. The number of pyridine rings is 1. The lowest BCUT2D eigenvalue weighted by Crippen LogP contribution is -2.35. The Morgan fingerprint density at radius 3 is 2.96 bits per heavy atom. The zero-order valence-electron chi connectivity index (χ0n) is 13.7. The number of hydrogen-bond donors (Lipinski definition) is 2. The molecule has 0 fully saturated rings. The first kappa shape index (κ1) is 18.4. The normalized spacial score (nSPS) is 12.0. The highest BCUT2D eigenvalue weighted by molar-refractivity contribution is 8.02. The third kappa shape index (κ3) is 5.61. The van der Waals surface area contributed by atoms with Gasteiger partial charge in [0.1, 0.15) is 0 Å². The van der Waals surface area contributed by atoms with E-state index in [-0.39, 0.29) is 17.1 Å². The molecule has 0 radical (unpaired) electrons. The minimum atomic E-state index is -0.220. The second-order valence-electron chi connectivity index (χ2n) is 5.40. The average molecular weight is 364 g/mol. The lowest BCUT2D eigenvalue weighted by atomic mass is 10.1. The van der Waals surface area contributed by atoms with E-state index in [1.165, 1.54) is 23.1 Å². The molecule has 0 saturated heterocycles. The first-order valence-electron chi connectivity index (χ1n) is 7.61. The summed E-state index contributed by atoms with van der Waals surface area (Å²) in [6.45, 7) is 8.82. The first-order chi connectivity index (χ1) is 11.6. The van der Waals surface area contributed by atoms with Crippen LogP contribution in [-0.2, 0) is 11.3 Å². The number of nitrogens with one attached hydrogen (secondary N) is 2. The van der Waals surface area contributed by atoms with Gasteiger partial charge in [0.25, 0.3) is 0 Å². The molecule has 0 saturated carbocycles. The van der Waals surface area contributed by atoms with Gasteiger partial charge in [-0.25, -0.2) is 0 Å². The van der Waals surface area contributed by atoms with Crippen molar-refractivity contribution < 1.29 is 4.79 Å². The van der Waals surface area contributed by atoms with Gasteiger partial charge in [-0.15, -0.1) is 16.8 Å². The van der Waals surface area contributed by atoms with Gasteiger partial charge in [-0.1, -0.05) is 49.1 Å². The predicted octanol–water partition coefficient (Wildman–Crippen LogP) is 2.96. The van der Waals surface area contributed by atoms with E-state index in [4.69, 9.17) is 0 Å². The summed E-state index contributed by atoms with van der Waals surface area (Å²) in [4.78, 5) is 16.6. The molecule has 2 heterocycles. The van der Waals surface area contributed by atoms with Crippen molar-refractivity contribution >= 4 is 34.1 Å². The van der Waals surface area contributed by atoms with Crippen LogP contribution < -0.4 is 10.6 Å². The lowest BCUT2D eigenvalue weighted by Gasteiger charge is -2.18. The first-order valence-corrected chi connectivity index (χ1v) is 9.31. The molecular weight excluding hydrogens is 342 g/mol. The lowest BCUT2D eigenvalue weighted by molar-refractivity contribution is -0.121. The van der Waals surface area contributed by atoms with Crippen molar-refractivity contribution in [3.63, 3.8) is 0 Å². The summed E-state index contributed by atoms with van der Waals surface area (Å²) in [5, 5.41) is 14.8. The molecule has 0 bridgehead atoms. The van der Waals surface area contributed by atoms with Gasteiger partial charge in [0.15, 0.2) is 4.34 Å². The molecular formula is C16H21N5OS2. The molecule has 2 aromatic rings. The standard InChI is InChI=1S/C16H21N5OS2/c1-4-7-18-15-20-21-16(24-15)23-13(11(2)3)14(22)19-10-12-6-5-8-17-9-12/h4-6,8-9,11,13H,1,7,10H2,2-3H3,(H,18,20)(H,19,22)/t13-/m0/s1. The summed E-state index contributed by atoms with van der Waals surface area (Å²) >= 11 is 2.89. The number of thioether (sulfide) groups is 1. The van der Waals surface area contributed by atoms with Gasteiger partial charge in [0.2, 0.25) is 11.0 Å². The quantitative estimate of drug-likeness (QED) is 0.527. The number of amides is 1. The summed E-state index contributed by atoms with van der Waals surface area (Å²) in [5.41, 5.74) is 0.977. The fourth-order valence-corrected chi connectivity index (χ4v) is 3.87. The van der Waals surface area contributed by atoms with Crippen LogP contribution in [0.2, 0.25) is 0 Å². The van der Waals surface area contributed by atoms with Crippen LogP contribution in [0.4, 0.5) is 5.13 Å². The van der Waals surface area contributed by atoms with Crippen LogP contribution in [0.15, 0.2) is 41.5 Å². The van der Waals surface area contributed by atoms with Crippen LogP contribution in [0.25, 0.3) is 0 Å². The minimum Gasteiger partial charge on any atom is -0.357 e. The van der Waals surface area contributed by atoms with Crippen LogP contribution in [0.3, 0.4) is 0 Å². The smallest absolute Gasteiger partial charge is 0.234 e. The number of aromatic nitrogens is 3. The van der Waals surface area contributed by atoms with Crippen molar-refractivity contribution in [3.05, 3.63) is 42.7 Å². The molecule has 24 heavy (non-hydrogen) atoms. The molecule has 1 amide bonds. The third-order valence-electron chi connectivity index (χ3n) is 3.09. The van der Waals surface area contributed by atoms with Crippen molar-refractivity contribution in [2.45, 2.75) is 30.0 Å². The molecule has 0 spiro atoms. The molecule has 128 valence electrons. The van der Waals surface area contributed by atoms with Crippen molar-refractivity contribution in [3.8, 4) is 0 Å². The molecule has 8 heteroatoms. The number of carbonyl (C=O) groups is 1. The Balaban J connectivity index is 1.94. The van der Waals surface area contributed by atoms with Crippen LogP contribution in [-0.4, -0.2) is 32.9 Å². The Labute approximate surface area is 150 Å². The van der Waals surface area contributed by atoms with Gasteiger partial charge in [-0.2, -0.15) is 0 Å². The van der Waals surface area contributed by atoms with E-state index in [0.717, 1.165) is 15.0 Å². The maximum atomic E-state index is 12.5. The predicted molar refractivity (Wildman–Crippen MR) is 99.2 cm³/mol. The average Bonchev–Trinajstić information content (AvgIpc) is 3.04. The van der Waals surface area contributed by atoms with E-state index < -0.39 is 0 Å². The summed E-state index contributed by atoms with van der Waals surface area (Å²) in [6.07, 6.45) is 5.22. The van der Waals surface area contributed by atoms with E-state index in [9.17, 15) is 4.79 Å². The van der Waals surface area contributed by atoms with Crippen molar-refractivity contribution in [1.29, 1.82) is 0 Å². The van der Waals surface area contributed by atoms with Gasteiger partial charge >= 0.3 is 0 Å². The van der Waals surface area contributed by atoms with Crippen LogP contribution in [0, 0.1) is 5.92 Å². The molecule has 0 aromatic carbocycles. The maximum Gasteiger partial charge on any atom is 0.234 e. The molecule has 2 aromatic heterocycles. The Kier molecular flexibility index (Phi) is 7.20. The zero-order chi connectivity index (χ0) is 17.4. The van der Waals surface area contributed by atoms with Crippen molar-refractivity contribution in [2.24, 2.45) is 5.92 Å². The van der Waals surface area contributed by atoms with Gasteiger partial charge in [-0.05, 0) is 17.5 Å². The minimum absolute atomic E-state index is 0.00495. The number of anilines is 1. The number of carbonyl (C=O) groups excluding carboxylic acids is 1. The van der Waals surface area contributed by atoms with E-state index in [1.54, 1.807) is 18.5 Å². The number of rotatable bonds is 9. The third-order valence-corrected chi connectivity index (χ3v) is 5.60. The molecule has 6 nitrogen and oxygen atoms in total. The molecule has 1 atom stereocenters. The van der Waals surface area contributed by atoms with Gasteiger partial charge in [0.05, 0.1) is 5.25 Å². The summed E-state index contributed by atoms with van der Waals surface area (Å²) in [7, 11) is 0. The molecule has 2 N–H and O–H groups in total. The second kappa shape index (κ2) is 9.39. The van der Waals surface area contributed by atoms with Gasteiger partial charge in [-0.3, -0.25) is 9.78 Å². The number of nitrogens with zero attached hydrogens (tertiary/aromatic N) is 3. The molecule has 0 aliphatic carbocycles. The second-order valence-corrected chi connectivity index (χ2v) is 7.77. The molecule has 2 rings (SSSR count). The van der Waals surface area contributed by atoms with Crippen LogP contribution in [0.1, 0.15) is 19.4 Å². The summed E-state index contributed by atoms with van der Waals surface area (Å²) < 4.78 is 0.775. The van der Waals surface area contributed by atoms with E-state index in [0.29, 0.717) is 13.1 Å². The Bertz CT molecular complexity index is 659. The Morgan fingerprint density at radius 1 is 1.46 bits per heavy atom. The molecule has 0 unspecified atom stereocenters. The largest absolute Gasteiger partial charge is 0.357 e. The van der Waals surface area contributed by atoms with Gasteiger partial charge in [0, 0.05) is 25.5 Å². The van der Waals surface area contributed by atoms with E-state index in [2.05, 4.69) is 32.4 Å². The highest BCUT2D eigenvalue weighted by Gasteiger charge is 2.25. The van der Waals surface area contributed by atoms with Crippen LogP contribution in [0.5, 0.6) is 0 Å². The Morgan fingerprint density at radius 2 is 2.29 bits per heavy atom. The SMILES string of the molecule is C=CCNc1nnc(S[C@H](C(=O)NCc2cccnc2)C(C)C)s1. The fraction of sp³-hybridized carbons (Fsp3) is 0.375.